The van der Waals surface area contributed by atoms with Gasteiger partial charge in [0.05, 0.1) is 17.2 Å². The van der Waals surface area contributed by atoms with Crippen LogP contribution in [0.4, 0.5) is 0 Å². The molecule has 0 heterocycles. The molecule has 2 aromatic carbocycles. The molecule has 32 heavy (non-hydrogen) atoms. The van der Waals surface area contributed by atoms with Crippen molar-refractivity contribution in [1.29, 1.82) is 0 Å². The van der Waals surface area contributed by atoms with Crippen LogP contribution in [0.1, 0.15) is 43.0 Å². The normalized spacial score (nSPS) is 10.2. The number of ether oxygens (including phenoxy) is 2. The zero-order chi connectivity index (χ0) is 23.3. The zero-order valence-electron chi connectivity index (χ0n) is 17.6. The summed E-state index contributed by atoms with van der Waals surface area (Å²) in [6, 6.07) is 11.5. The first-order valence-corrected chi connectivity index (χ1v) is 11.3. The number of carbonyl (C=O) groups excluding carboxylic acids is 2. The summed E-state index contributed by atoms with van der Waals surface area (Å²) in [4.78, 5) is 24.5. The summed E-state index contributed by atoms with van der Waals surface area (Å²) in [6.45, 7) is 2.35. The highest BCUT2D eigenvalue weighted by Gasteiger charge is 2.14. The molecule has 2 amide bonds. The third-order valence-electron chi connectivity index (χ3n) is 4.18. The Labute approximate surface area is 202 Å². The summed E-state index contributed by atoms with van der Waals surface area (Å²) in [5.74, 6) is -0.191. The van der Waals surface area contributed by atoms with Crippen LogP contribution in [0.25, 0.3) is 0 Å². The molecule has 0 spiro atoms. The molecule has 0 unspecified atom stereocenters. The Balaban J connectivity index is 1.77. The van der Waals surface area contributed by atoms with E-state index in [9.17, 15) is 9.59 Å². The maximum absolute atomic E-state index is 12.6. The van der Waals surface area contributed by atoms with Gasteiger partial charge in [0.25, 0.3) is 11.8 Å². The molecule has 0 atom stereocenters. The number of amides is 2. The van der Waals surface area contributed by atoms with E-state index in [0.717, 1.165) is 25.7 Å². The second kappa shape index (κ2) is 13.8. The Morgan fingerprint density at radius 2 is 1.75 bits per heavy atom. The average Bonchev–Trinajstić information content (AvgIpc) is 2.77. The van der Waals surface area contributed by atoms with E-state index in [-0.39, 0.29) is 16.7 Å². The van der Waals surface area contributed by atoms with Crippen LogP contribution < -0.4 is 25.6 Å². The third-order valence-corrected chi connectivity index (χ3v) is 4.92. The van der Waals surface area contributed by atoms with Crippen molar-refractivity contribution in [2.24, 2.45) is 0 Å². The number of rotatable bonds is 10. The number of halogens is 2. The molecule has 0 aliphatic carbocycles. The molecule has 0 saturated heterocycles. The lowest BCUT2D eigenvalue weighted by molar-refractivity contribution is -0.123. The molecule has 0 fully saturated rings. The highest BCUT2D eigenvalue weighted by molar-refractivity contribution is 7.80. The highest BCUT2D eigenvalue weighted by Crippen LogP contribution is 2.27. The minimum Gasteiger partial charge on any atom is -0.493 e. The minimum atomic E-state index is -0.525. The number of para-hydroxylation sites is 1. The Bertz CT molecular complexity index is 943. The lowest BCUT2D eigenvalue weighted by Crippen LogP contribution is -2.49. The van der Waals surface area contributed by atoms with Crippen molar-refractivity contribution in [3.8, 4) is 11.5 Å². The second-order valence-corrected chi connectivity index (χ2v) is 7.98. The molecule has 0 bridgehead atoms. The Kier molecular flexibility index (Phi) is 11.1. The lowest BCUT2D eigenvalue weighted by atomic mass is 10.2. The maximum Gasteiger partial charge on any atom is 0.276 e. The first kappa shape index (κ1) is 25.7. The van der Waals surface area contributed by atoms with Gasteiger partial charge in [0, 0.05) is 5.02 Å². The van der Waals surface area contributed by atoms with E-state index < -0.39 is 11.8 Å². The maximum atomic E-state index is 12.6. The summed E-state index contributed by atoms with van der Waals surface area (Å²) in [5.41, 5.74) is 5.14. The molecule has 0 saturated carbocycles. The van der Waals surface area contributed by atoms with E-state index >= 15 is 0 Å². The van der Waals surface area contributed by atoms with Gasteiger partial charge >= 0.3 is 0 Å². The molecule has 0 aliphatic heterocycles. The van der Waals surface area contributed by atoms with Gasteiger partial charge < -0.3 is 9.47 Å². The Hall–Kier alpha value is -2.55. The van der Waals surface area contributed by atoms with E-state index in [1.807, 2.05) is 0 Å². The molecular weight excluding hydrogens is 473 g/mol. The summed E-state index contributed by atoms with van der Waals surface area (Å²) in [6.07, 6.45) is 4.28. The summed E-state index contributed by atoms with van der Waals surface area (Å²) < 4.78 is 11.1. The average molecular weight is 498 g/mol. The molecule has 10 heteroatoms. The molecule has 3 N–H and O–H groups in total. The van der Waals surface area contributed by atoms with Crippen LogP contribution in [-0.4, -0.2) is 30.1 Å². The fourth-order valence-corrected chi connectivity index (χ4v) is 3.20. The predicted molar refractivity (Wildman–Crippen MR) is 129 cm³/mol. The fourth-order valence-electron chi connectivity index (χ4n) is 2.59. The van der Waals surface area contributed by atoms with Crippen LogP contribution in [0.2, 0.25) is 10.0 Å². The van der Waals surface area contributed by atoms with Crippen molar-refractivity contribution in [1.82, 2.24) is 16.2 Å². The Morgan fingerprint density at radius 3 is 2.50 bits per heavy atom. The van der Waals surface area contributed by atoms with Gasteiger partial charge in [-0.2, -0.15) is 0 Å². The molecule has 0 aromatic heterocycles. The minimum absolute atomic E-state index is 0.0781. The van der Waals surface area contributed by atoms with Gasteiger partial charge in [0.15, 0.2) is 11.7 Å². The summed E-state index contributed by atoms with van der Waals surface area (Å²) in [7, 11) is 0. The highest BCUT2D eigenvalue weighted by atomic mass is 35.5. The topological polar surface area (TPSA) is 88.7 Å². The van der Waals surface area contributed by atoms with Crippen molar-refractivity contribution in [3.63, 3.8) is 0 Å². The van der Waals surface area contributed by atoms with E-state index in [0.29, 0.717) is 28.7 Å². The van der Waals surface area contributed by atoms with Crippen molar-refractivity contribution in [3.05, 3.63) is 58.1 Å². The van der Waals surface area contributed by atoms with Gasteiger partial charge in [-0.3, -0.25) is 25.8 Å². The standard InChI is InChI=1S/C22H25Cl2N3O4S/c1-2-3-4-7-12-30-18-9-6-5-8-16(18)21(29)25-22(32)27-26-20(28)14-31-19-11-10-15(23)13-17(19)24/h5-6,8-11,13H,2-4,7,12,14H2,1H3,(H,26,28)(H2,25,27,29,32). The predicted octanol–water partition coefficient (Wildman–Crippen LogP) is 4.67. The molecule has 172 valence electrons. The quantitative estimate of drug-likeness (QED) is 0.251. The van der Waals surface area contributed by atoms with E-state index in [1.165, 1.54) is 6.07 Å². The van der Waals surface area contributed by atoms with Crippen molar-refractivity contribution in [2.45, 2.75) is 32.6 Å². The molecule has 2 rings (SSSR count). The molecule has 0 radical (unpaired) electrons. The fraction of sp³-hybridized carbons (Fsp3) is 0.318. The SMILES string of the molecule is CCCCCCOc1ccccc1C(=O)NC(=S)NNC(=O)COc1ccc(Cl)cc1Cl. The zero-order valence-corrected chi connectivity index (χ0v) is 19.9. The van der Waals surface area contributed by atoms with Gasteiger partial charge in [-0.1, -0.05) is 61.5 Å². The number of benzene rings is 2. The van der Waals surface area contributed by atoms with Crippen molar-refractivity contribution in [2.75, 3.05) is 13.2 Å². The molecule has 7 nitrogen and oxygen atoms in total. The van der Waals surface area contributed by atoms with Gasteiger partial charge in [0.1, 0.15) is 11.5 Å². The molecule has 0 aliphatic rings. The number of unbranched alkanes of at least 4 members (excludes halogenated alkanes) is 3. The van der Waals surface area contributed by atoms with Crippen molar-refractivity contribution < 1.29 is 19.1 Å². The van der Waals surface area contributed by atoms with Crippen molar-refractivity contribution >= 4 is 52.3 Å². The number of hydrazine groups is 1. The van der Waals surface area contributed by atoms with Gasteiger partial charge in [0.2, 0.25) is 0 Å². The van der Waals surface area contributed by atoms with Crippen LogP contribution in [0.5, 0.6) is 11.5 Å². The van der Waals surface area contributed by atoms with Crippen LogP contribution in [0, 0.1) is 0 Å². The number of hydrogen-bond donors (Lipinski definition) is 3. The monoisotopic (exact) mass is 497 g/mol. The van der Waals surface area contributed by atoms with E-state index in [4.69, 9.17) is 44.9 Å². The second-order valence-electron chi connectivity index (χ2n) is 6.73. The lowest BCUT2D eigenvalue weighted by Gasteiger charge is -2.14. The summed E-state index contributed by atoms with van der Waals surface area (Å²) in [5, 5.41) is 3.16. The smallest absolute Gasteiger partial charge is 0.276 e. The van der Waals surface area contributed by atoms with Crippen LogP contribution in [-0.2, 0) is 4.79 Å². The number of carbonyl (C=O) groups is 2. The van der Waals surface area contributed by atoms with Gasteiger partial charge in [-0.25, -0.2) is 0 Å². The van der Waals surface area contributed by atoms with Gasteiger partial charge in [-0.05, 0) is 49.0 Å². The van der Waals surface area contributed by atoms with E-state index in [2.05, 4.69) is 23.1 Å². The van der Waals surface area contributed by atoms with E-state index in [1.54, 1.807) is 36.4 Å². The van der Waals surface area contributed by atoms with Crippen LogP contribution >= 0.6 is 35.4 Å². The van der Waals surface area contributed by atoms with Crippen LogP contribution in [0.3, 0.4) is 0 Å². The number of nitrogens with one attached hydrogen (secondary N) is 3. The first-order chi connectivity index (χ1) is 15.4. The van der Waals surface area contributed by atoms with Crippen LogP contribution in [0.15, 0.2) is 42.5 Å². The largest absolute Gasteiger partial charge is 0.493 e. The molecule has 2 aromatic rings. The number of hydrogen-bond acceptors (Lipinski definition) is 5. The Morgan fingerprint density at radius 1 is 0.969 bits per heavy atom. The third kappa shape index (κ3) is 8.90. The first-order valence-electron chi connectivity index (χ1n) is 10.1. The van der Waals surface area contributed by atoms with Gasteiger partial charge in [-0.15, -0.1) is 0 Å². The summed E-state index contributed by atoms with van der Waals surface area (Å²) >= 11 is 16.9. The molecular formula is C22H25Cl2N3O4S. The number of thiocarbonyl (C=S) groups is 1.